The number of hydrogen-bond donors (Lipinski definition) is 0. The van der Waals surface area contributed by atoms with Crippen molar-refractivity contribution in [2.24, 2.45) is 11.8 Å². The fourth-order valence-electron chi connectivity index (χ4n) is 3.19. The summed E-state index contributed by atoms with van der Waals surface area (Å²) in [5.74, 6) is 4.82. The largest absolute Gasteiger partial charge is 0.509 e. The second-order valence-corrected chi connectivity index (χ2v) is 7.28. The van der Waals surface area contributed by atoms with Crippen molar-refractivity contribution in [1.82, 2.24) is 4.90 Å². The van der Waals surface area contributed by atoms with Crippen molar-refractivity contribution in [2.75, 3.05) is 13.6 Å². The van der Waals surface area contributed by atoms with E-state index in [9.17, 15) is 14.0 Å². The molecule has 0 aliphatic carbocycles. The normalized spacial score (nSPS) is 19.9. The molecule has 1 unspecified atom stereocenters. The lowest BCUT2D eigenvalue weighted by Gasteiger charge is -2.25. The molecule has 0 N–H and O–H groups in total. The molecule has 5 nitrogen and oxygen atoms in total. The molecule has 1 aromatic carbocycles. The molecule has 1 fully saturated rings. The van der Waals surface area contributed by atoms with E-state index in [1.54, 1.807) is 25.8 Å². The summed E-state index contributed by atoms with van der Waals surface area (Å²) in [6.07, 6.45) is 0.693. The number of hydrogen-bond acceptors (Lipinski definition) is 4. The van der Waals surface area contributed by atoms with Crippen molar-refractivity contribution in [3.63, 3.8) is 0 Å². The highest BCUT2D eigenvalue weighted by Gasteiger charge is 2.45. The molecule has 1 amide bonds. The van der Waals surface area contributed by atoms with Gasteiger partial charge in [-0.3, -0.25) is 4.79 Å². The van der Waals surface area contributed by atoms with Crippen LogP contribution in [-0.4, -0.2) is 36.7 Å². The zero-order chi connectivity index (χ0) is 20.7. The molecule has 1 aromatic rings. The predicted octanol–water partition coefficient (Wildman–Crippen LogP) is 4.33. The monoisotopic (exact) mass is 389 g/mol. The molecular formula is C22H28FNO4. The number of carbonyl (C=O) groups excluding carboxylic acids is 2. The Labute approximate surface area is 166 Å². The van der Waals surface area contributed by atoms with E-state index in [-0.39, 0.29) is 17.9 Å². The number of amides is 1. The molecule has 0 spiro atoms. The summed E-state index contributed by atoms with van der Waals surface area (Å²) in [7, 11) is 1.71. The lowest BCUT2D eigenvalue weighted by atomic mass is 9.86. The van der Waals surface area contributed by atoms with Crippen LogP contribution >= 0.6 is 0 Å². The Morgan fingerprint density at radius 3 is 2.57 bits per heavy atom. The van der Waals surface area contributed by atoms with Crippen molar-refractivity contribution in [3.05, 3.63) is 35.6 Å². The number of carbonyl (C=O) groups is 2. The SMILES string of the molecule is CCCCC#C[C@@H]1CN(C)C(=O)[C@H]1C(OC(=O)OC(C)C)c1ccc(F)cc1. The molecule has 0 bridgehead atoms. The number of unbranched alkanes of at least 4 members (excludes halogenated alkanes) is 2. The van der Waals surface area contributed by atoms with Crippen LogP contribution < -0.4 is 0 Å². The third-order valence-electron chi connectivity index (χ3n) is 4.59. The van der Waals surface area contributed by atoms with Gasteiger partial charge in [0.25, 0.3) is 0 Å². The molecule has 1 saturated heterocycles. The molecular weight excluding hydrogens is 361 g/mol. The predicted molar refractivity (Wildman–Crippen MR) is 104 cm³/mol. The minimum absolute atomic E-state index is 0.151. The summed E-state index contributed by atoms with van der Waals surface area (Å²) in [6.45, 7) is 5.98. The van der Waals surface area contributed by atoms with Crippen molar-refractivity contribution in [3.8, 4) is 11.8 Å². The zero-order valence-electron chi connectivity index (χ0n) is 16.9. The third kappa shape index (κ3) is 5.72. The van der Waals surface area contributed by atoms with Gasteiger partial charge in [-0.2, -0.15) is 0 Å². The number of ether oxygens (including phenoxy) is 2. The number of halogens is 1. The van der Waals surface area contributed by atoms with Crippen LogP contribution in [0.3, 0.4) is 0 Å². The first-order valence-electron chi connectivity index (χ1n) is 9.69. The Kier molecular flexibility index (Phi) is 7.86. The van der Waals surface area contributed by atoms with Gasteiger partial charge in [0.05, 0.1) is 17.9 Å². The first-order chi connectivity index (χ1) is 13.3. The standard InChI is InChI=1S/C22H28FNO4/c1-5-6-7-8-9-17-14-24(4)21(25)19(17)20(28-22(26)27-15(2)3)16-10-12-18(23)13-11-16/h10-13,15,17,19-20H,5-7,14H2,1-4H3/t17-,19-,20?/m1/s1. The lowest BCUT2D eigenvalue weighted by molar-refractivity contribution is -0.134. The maximum Gasteiger partial charge on any atom is 0.509 e. The molecule has 1 aliphatic heterocycles. The van der Waals surface area contributed by atoms with E-state index in [0.29, 0.717) is 12.1 Å². The summed E-state index contributed by atoms with van der Waals surface area (Å²) >= 11 is 0. The van der Waals surface area contributed by atoms with Gasteiger partial charge < -0.3 is 14.4 Å². The number of rotatable bonds is 6. The second-order valence-electron chi connectivity index (χ2n) is 7.28. The summed E-state index contributed by atoms with van der Waals surface area (Å²) in [5.41, 5.74) is 0.538. The fraction of sp³-hybridized carbons (Fsp3) is 0.545. The van der Waals surface area contributed by atoms with Crippen molar-refractivity contribution in [1.29, 1.82) is 0 Å². The fourth-order valence-corrected chi connectivity index (χ4v) is 3.19. The molecule has 0 saturated carbocycles. The minimum atomic E-state index is -0.894. The Hall–Kier alpha value is -2.55. The van der Waals surface area contributed by atoms with Gasteiger partial charge in [-0.05, 0) is 38.0 Å². The van der Waals surface area contributed by atoms with Crippen LogP contribution in [0.15, 0.2) is 24.3 Å². The maximum atomic E-state index is 13.4. The molecule has 1 heterocycles. The second kappa shape index (κ2) is 10.1. The van der Waals surface area contributed by atoms with E-state index in [0.717, 1.165) is 19.3 Å². The Morgan fingerprint density at radius 1 is 1.29 bits per heavy atom. The van der Waals surface area contributed by atoms with E-state index in [1.807, 2.05) is 0 Å². The van der Waals surface area contributed by atoms with E-state index in [2.05, 4.69) is 18.8 Å². The summed E-state index contributed by atoms with van der Waals surface area (Å²) < 4.78 is 24.0. The lowest BCUT2D eigenvalue weighted by Crippen LogP contribution is -2.30. The Bertz CT molecular complexity index is 735. The van der Waals surface area contributed by atoms with Crippen LogP contribution in [0.4, 0.5) is 9.18 Å². The van der Waals surface area contributed by atoms with Crippen LogP contribution in [0.2, 0.25) is 0 Å². The van der Waals surface area contributed by atoms with Crippen molar-refractivity contribution in [2.45, 2.75) is 52.2 Å². The van der Waals surface area contributed by atoms with Gasteiger partial charge in [-0.15, -0.1) is 5.92 Å². The average Bonchev–Trinajstić information content (AvgIpc) is 2.91. The Morgan fingerprint density at radius 2 is 1.96 bits per heavy atom. The van der Waals surface area contributed by atoms with Gasteiger partial charge >= 0.3 is 6.16 Å². The zero-order valence-corrected chi connectivity index (χ0v) is 16.9. The van der Waals surface area contributed by atoms with Crippen LogP contribution in [0.25, 0.3) is 0 Å². The highest BCUT2D eigenvalue weighted by molar-refractivity contribution is 5.83. The quantitative estimate of drug-likeness (QED) is 0.413. The number of benzene rings is 1. The van der Waals surface area contributed by atoms with Crippen LogP contribution in [0, 0.1) is 29.5 Å². The maximum absolute atomic E-state index is 13.4. The summed E-state index contributed by atoms with van der Waals surface area (Å²) in [4.78, 5) is 26.6. The van der Waals surface area contributed by atoms with Gasteiger partial charge in [0, 0.05) is 20.0 Å². The molecule has 0 radical (unpaired) electrons. The van der Waals surface area contributed by atoms with Gasteiger partial charge in [-0.25, -0.2) is 9.18 Å². The molecule has 152 valence electrons. The topological polar surface area (TPSA) is 55.8 Å². The number of likely N-dealkylation sites (tertiary alicyclic amines) is 1. The van der Waals surface area contributed by atoms with Gasteiger partial charge in [0.15, 0.2) is 0 Å². The molecule has 2 rings (SSSR count). The van der Waals surface area contributed by atoms with Crippen LogP contribution in [-0.2, 0) is 14.3 Å². The first-order valence-corrected chi connectivity index (χ1v) is 9.69. The highest BCUT2D eigenvalue weighted by atomic mass is 19.1. The van der Waals surface area contributed by atoms with Crippen molar-refractivity contribution >= 4 is 12.1 Å². The molecule has 28 heavy (non-hydrogen) atoms. The number of nitrogens with zero attached hydrogens (tertiary/aromatic N) is 1. The van der Waals surface area contributed by atoms with Crippen molar-refractivity contribution < 1.29 is 23.5 Å². The van der Waals surface area contributed by atoms with E-state index in [4.69, 9.17) is 9.47 Å². The van der Waals surface area contributed by atoms with Crippen LogP contribution in [0.1, 0.15) is 51.7 Å². The van der Waals surface area contributed by atoms with E-state index < -0.39 is 24.0 Å². The van der Waals surface area contributed by atoms with Gasteiger partial charge in [0.2, 0.25) is 5.91 Å². The minimum Gasteiger partial charge on any atom is -0.432 e. The first kappa shape index (κ1) is 21.7. The van der Waals surface area contributed by atoms with Gasteiger partial charge in [0.1, 0.15) is 11.9 Å². The highest BCUT2D eigenvalue weighted by Crippen LogP contribution is 2.37. The Balaban J connectivity index is 2.34. The molecule has 0 aromatic heterocycles. The average molecular weight is 389 g/mol. The molecule has 3 atom stereocenters. The van der Waals surface area contributed by atoms with E-state index in [1.165, 1.54) is 24.3 Å². The van der Waals surface area contributed by atoms with Crippen LogP contribution in [0.5, 0.6) is 0 Å². The molecule has 6 heteroatoms. The van der Waals surface area contributed by atoms with E-state index >= 15 is 0 Å². The summed E-state index contributed by atoms with van der Waals surface area (Å²) in [5, 5.41) is 0. The summed E-state index contributed by atoms with van der Waals surface area (Å²) in [6, 6.07) is 5.61. The smallest absolute Gasteiger partial charge is 0.432 e. The molecule has 1 aliphatic rings. The van der Waals surface area contributed by atoms with Gasteiger partial charge in [-0.1, -0.05) is 31.4 Å². The third-order valence-corrected chi connectivity index (χ3v) is 4.59.